The summed E-state index contributed by atoms with van der Waals surface area (Å²) >= 11 is 5.91. The first kappa shape index (κ1) is 15.8. The summed E-state index contributed by atoms with van der Waals surface area (Å²) in [7, 11) is 0. The molecule has 0 fully saturated rings. The Morgan fingerprint density at radius 3 is 2.74 bits per heavy atom. The summed E-state index contributed by atoms with van der Waals surface area (Å²) in [5.74, 6) is 0.621. The largest absolute Gasteiger partial charge is 0.490 e. The van der Waals surface area contributed by atoms with E-state index in [1.807, 2.05) is 6.92 Å². The van der Waals surface area contributed by atoms with Crippen LogP contribution in [0.5, 0.6) is 5.75 Å². The van der Waals surface area contributed by atoms with E-state index in [-0.39, 0.29) is 11.9 Å². The predicted octanol–water partition coefficient (Wildman–Crippen LogP) is 4.36. The molecule has 1 atom stereocenters. The second-order valence-electron chi connectivity index (χ2n) is 4.83. The number of unbranched alkanes of at least 4 members (excludes halogenated alkanes) is 3. The Balaban J connectivity index is 2.58. The van der Waals surface area contributed by atoms with Crippen LogP contribution in [-0.2, 0) is 0 Å². The molecule has 4 heteroatoms. The molecule has 0 radical (unpaired) electrons. The van der Waals surface area contributed by atoms with E-state index in [0.717, 1.165) is 12.8 Å². The number of hydrogen-bond donors (Lipinski definition) is 2. The van der Waals surface area contributed by atoms with Gasteiger partial charge in [-0.25, -0.2) is 0 Å². The molecule has 0 aliphatic heterocycles. The Labute approximate surface area is 120 Å². The third-order valence-electron chi connectivity index (χ3n) is 3.02. The molecule has 0 aliphatic rings. The fraction of sp³-hybridized carbons (Fsp3) is 0.533. The summed E-state index contributed by atoms with van der Waals surface area (Å²) < 4.78 is 5.86. The first-order chi connectivity index (χ1) is 9.04. The average Bonchev–Trinajstić information content (AvgIpc) is 2.36. The highest BCUT2D eigenvalue weighted by molar-refractivity contribution is 6.31. The molecule has 19 heavy (non-hydrogen) atoms. The van der Waals surface area contributed by atoms with E-state index in [1.165, 1.54) is 19.3 Å². The van der Waals surface area contributed by atoms with Crippen LogP contribution in [0.4, 0.5) is 0 Å². The Hall–Kier alpha value is -1.22. The molecule has 0 saturated carbocycles. The summed E-state index contributed by atoms with van der Waals surface area (Å²) in [5.41, 5.74) is 6.11. The van der Waals surface area contributed by atoms with Crippen molar-refractivity contribution >= 4 is 17.4 Å². The van der Waals surface area contributed by atoms with Crippen molar-refractivity contribution in [1.29, 1.82) is 5.41 Å². The average molecular weight is 283 g/mol. The molecule has 0 spiro atoms. The van der Waals surface area contributed by atoms with Gasteiger partial charge in [-0.3, -0.25) is 5.41 Å². The molecule has 0 heterocycles. The van der Waals surface area contributed by atoms with Gasteiger partial charge in [0.1, 0.15) is 11.6 Å². The lowest BCUT2D eigenvalue weighted by Crippen LogP contribution is -2.17. The van der Waals surface area contributed by atoms with Crippen molar-refractivity contribution in [3.05, 3.63) is 28.8 Å². The number of amidine groups is 1. The Morgan fingerprint density at radius 2 is 2.11 bits per heavy atom. The zero-order valence-electron chi connectivity index (χ0n) is 11.7. The third kappa shape index (κ3) is 5.52. The van der Waals surface area contributed by atoms with Gasteiger partial charge in [0, 0.05) is 5.02 Å². The smallest absolute Gasteiger partial charge is 0.130 e. The van der Waals surface area contributed by atoms with Crippen molar-refractivity contribution in [3.8, 4) is 5.75 Å². The summed E-state index contributed by atoms with van der Waals surface area (Å²) in [6, 6.07) is 5.21. The van der Waals surface area contributed by atoms with E-state index in [4.69, 9.17) is 27.5 Å². The molecule has 0 aromatic heterocycles. The van der Waals surface area contributed by atoms with Crippen LogP contribution in [0.3, 0.4) is 0 Å². The van der Waals surface area contributed by atoms with Gasteiger partial charge >= 0.3 is 0 Å². The van der Waals surface area contributed by atoms with Crippen LogP contribution in [-0.4, -0.2) is 11.9 Å². The highest BCUT2D eigenvalue weighted by Gasteiger charge is 2.11. The molecule has 0 amide bonds. The number of halogens is 1. The van der Waals surface area contributed by atoms with Gasteiger partial charge in [0.05, 0.1) is 11.7 Å². The SMILES string of the molecule is CCCCCCC(C)Oc1ccc(Cl)cc1C(=N)N. The number of nitrogens with one attached hydrogen (secondary N) is 1. The van der Waals surface area contributed by atoms with E-state index in [1.54, 1.807) is 18.2 Å². The normalized spacial score (nSPS) is 12.2. The molecule has 0 saturated heterocycles. The fourth-order valence-electron chi connectivity index (χ4n) is 1.95. The second-order valence-corrected chi connectivity index (χ2v) is 5.27. The molecule has 0 bridgehead atoms. The van der Waals surface area contributed by atoms with Gasteiger partial charge in [-0.05, 0) is 38.0 Å². The Kier molecular flexibility index (Phi) is 6.71. The molecule has 3 nitrogen and oxygen atoms in total. The molecule has 1 aromatic carbocycles. The van der Waals surface area contributed by atoms with Crippen molar-refractivity contribution in [2.45, 2.75) is 52.1 Å². The minimum atomic E-state index is -0.0179. The van der Waals surface area contributed by atoms with Crippen LogP contribution >= 0.6 is 11.6 Å². The van der Waals surface area contributed by atoms with Crippen molar-refractivity contribution < 1.29 is 4.74 Å². The monoisotopic (exact) mass is 282 g/mol. The van der Waals surface area contributed by atoms with Crippen LogP contribution < -0.4 is 10.5 Å². The minimum absolute atomic E-state index is 0.0179. The van der Waals surface area contributed by atoms with Crippen LogP contribution in [0.1, 0.15) is 51.5 Å². The highest BCUT2D eigenvalue weighted by atomic mass is 35.5. The molecular weight excluding hydrogens is 260 g/mol. The summed E-state index contributed by atoms with van der Waals surface area (Å²) in [6.45, 7) is 4.25. The standard InChI is InChI=1S/C15H23ClN2O/c1-3-4-5-6-7-11(2)19-14-9-8-12(16)10-13(14)15(17)18/h8-11H,3-7H2,1-2H3,(H3,17,18). The zero-order valence-corrected chi connectivity index (χ0v) is 12.5. The van der Waals surface area contributed by atoms with E-state index in [2.05, 4.69) is 6.92 Å². The van der Waals surface area contributed by atoms with Crippen LogP contribution in [0, 0.1) is 5.41 Å². The van der Waals surface area contributed by atoms with E-state index in [0.29, 0.717) is 16.3 Å². The topological polar surface area (TPSA) is 59.1 Å². The molecule has 3 N–H and O–H groups in total. The number of nitrogen functional groups attached to an aromatic ring is 1. The minimum Gasteiger partial charge on any atom is -0.490 e. The lowest BCUT2D eigenvalue weighted by Gasteiger charge is -2.17. The van der Waals surface area contributed by atoms with Gasteiger partial charge < -0.3 is 10.5 Å². The van der Waals surface area contributed by atoms with Gasteiger partial charge in [-0.1, -0.05) is 37.8 Å². The molecule has 1 rings (SSSR count). The number of ether oxygens (including phenoxy) is 1. The maximum Gasteiger partial charge on any atom is 0.130 e. The Bertz CT molecular complexity index is 421. The highest BCUT2D eigenvalue weighted by Crippen LogP contribution is 2.24. The lowest BCUT2D eigenvalue weighted by molar-refractivity contribution is 0.206. The number of hydrogen-bond acceptors (Lipinski definition) is 2. The van der Waals surface area contributed by atoms with Gasteiger partial charge in [0.2, 0.25) is 0 Å². The number of rotatable bonds is 8. The van der Waals surface area contributed by atoms with Gasteiger partial charge in [-0.15, -0.1) is 0 Å². The first-order valence-corrected chi connectivity index (χ1v) is 7.23. The van der Waals surface area contributed by atoms with E-state index < -0.39 is 0 Å². The Morgan fingerprint density at radius 1 is 1.37 bits per heavy atom. The number of benzene rings is 1. The molecule has 1 aromatic rings. The molecular formula is C15H23ClN2O. The van der Waals surface area contributed by atoms with Crippen molar-refractivity contribution in [2.75, 3.05) is 0 Å². The second kappa shape index (κ2) is 8.05. The van der Waals surface area contributed by atoms with E-state index >= 15 is 0 Å². The maximum atomic E-state index is 7.55. The van der Waals surface area contributed by atoms with Gasteiger partial charge in [-0.2, -0.15) is 0 Å². The van der Waals surface area contributed by atoms with Crippen LogP contribution in [0.15, 0.2) is 18.2 Å². The number of nitrogens with two attached hydrogens (primary N) is 1. The predicted molar refractivity (Wildman–Crippen MR) is 81.3 cm³/mol. The molecule has 1 unspecified atom stereocenters. The van der Waals surface area contributed by atoms with Crippen LogP contribution in [0.25, 0.3) is 0 Å². The van der Waals surface area contributed by atoms with Crippen LogP contribution in [0.2, 0.25) is 5.02 Å². The first-order valence-electron chi connectivity index (χ1n) is 6.85. The molecule has 0 aliphatic carbocycles. The van der Waals surface area contributed by atoms with Crippen molar-refractivity contribution in [3.63, 3.8) is 0 Å². The van der Waals surface area contributed by atoms with Crippen molar-refractivity contribution in [1.82, 2.24) is 0 Å². The van der Waals surface area contributed by atoms with Gasteiger partial charge in [0.15, 0.2) is 0 Å². The summed E-state index contributed by atoms with van der Waals surface area (Å²) in [4.78, 5) is 0. The van der Waals surface area contributed by atoms with Crippen molar-refractivity contribution in [2.24, 2.45) is 5.73 Å². The lowest BCUT2D eigenvalue weighted by atomic mass is 10.1. The molecule has 106 valence electrons. The summed E-state index contributed by atoms with van der Waals surface area (Å²) in [6.07, 6.45) is 6.05. The third-order valence-corrected chi connectivity index (χ3v) is 3.26. The zero-order chi connectivity index (χ0) is 14.3. The maximum absolute atomic E-state index is 7.55. The fourth-order valence-corrected chi connectivity index (χ4v) is 2.12. The van der Waals surface area contributed by atoms with Gasteiger partial charge in [0.25, 0.3) is 0 Å². The summed E-state index contributed by atoms with van der Waals surface area (Å²) in [5, 5.41) is 8.11. The quantitative estimate of drug-likeness (QED) is 0.423. The van der Waals surface area contributed by atoms with E-state index in [9.17, 15) is 0 Å².